The number of allylic oxidation sites excluding steroid dienone is 3. The monoisotopic (exact) mass is 751 g/mol. The summed E-state index contributed by atoms with van der Waals surface area (Å²) in [6.07, 6.45) is 4.96. The summed E-state index contributed by atoms with van der Waals surface area (Å²) in [6, 6.07) is 7.78. The van der Waals surface area contributed by atoms with Crippen molar-refractivity contribution in [2.75, 3.05) is 27.4 Å². The van der Waals surface area contributed by atoms with Crippen LogP contribution in [0.25, 0.3) is 27.6 Å². The molecule has 3 aliphatic rings. The van der Waals surface area contributed by atoms with Gasteiger partial charge in [0.15, 0.2) is 0 Å². The molecule has 6 rings (SSSR count). The molecule has 0 saturated heterocycles. The molecule has 0 fully saturated rings. The molecule has 0 radical (unpaired) electrons. The standard InChI is InChI=1S/C42H49N5O8/c1-8-24-21(2)29-17-30-22(3)25(10-13-37(49)54-6)32(44-30)19-33-26(11-14-38(50)55-7)23(4)31(45-33)18-35-28-12-9-27(41(52)53)39(40(51)43-15-16-48)42(28,5)36(47-35)20-34(24)46-29/h8,12,17-21,24,27,39,44-45,48H,1,9-11,13-16H2,2-7H3,(H,43,51)(H,52,53)/t21?,24?,27-,39+,42-/m1/s1. The van der Waals surface area contributed by atoms with E-state index in [1.165, 1.54) is 14.2 Å². The molecule has 1 amide bonds. The molecule has 0 aromatic carbocycles. The lowest BCUT2D eigenvalue weighted by molar-refractivity contribution is -0.148. The van der Waals surface area contributed by atoms with Crippen LogP contribution < -0.4 is 5.32 Å². The number of carboxylic acid groups (broad SMARTS) is 1. The number of nitrogens with zero attached hydrogens (tertiary/aromatic N) is 2. The van der Waals surface area contributed by atoms with Gasteiger partial charge < -0.3 is 35.0 Å². The van der Waals surface area contributed by atoms with Gasteiger partial charge in [0.2, 0.25) is 5.91 Å². The minimum Gasteiger partial charge on any atom is -0.481 e. The maximum absolute atomic E-state index is 14.0. The molecule has 0 spiro atoms. The fourth-order valence-corrected chi connectivity index (χ4v) is 8.55. The number of carboxylic acids is 1. The number of H-pyrrole nitrogens is 2. The number of aryl methyl sites for hydroxylation is 4. The number of aliphatic hydroxyl groups is 1. The topological polar surface area (TPSA) is 197 Å². The first-order valence-corrected chi connectivity index (χ1v) is 18.6. The summed E-state index contributed by atoms with van der Waals surface area (Å²) in [7, 11) is 2.73. The van der Waals surface area contributed by atoms with Gasteiger partial charge in [-0.3, -0.25) is 29.1 Å². The van der Waals surface area contributed by atoms with Gasteiger partial charge in [0.25, 0.3) is 0 Å². The predicted molar refractivity (Wildman–Crippen MR) is 207 cm³/mol. The summed E-state index contributed by atoms with van der Waals surface area (Å²) in [5.74, 6) is -4.65. The molecule has 5 N–H and O–H groups in total. The average Bonchev–Trinajstić information content (AvgIpc) is 3.82. The number of aromatic amines is 2. The second-order valence-corrected chi connectivity index (χ2v) is 14.7. The van der Waals surface area contributed by atoms with E-state index in [2.05, 4.69) is 28.8 Å². The Balaban J connectivity index is 1.73. The molecule has 55 heavy (non-hydrogen) atoms. The number of esters is 2. The average molecular weight is 752 g/mol. The molecule has 5 atom stereocenters. The highest BCUT2D eigenvalue weighted by Gasteiger charge is 2.55. The van der Waals surface area contributed by atoms with E-state index in [0.717, 1.165) is 50.0 Å². The number of carbonyl (C=O) groups is 4. The molecule has 8 bridgehead atoms. The molecule has 3 aromatic rings. The zero-order chi connectivity index (χ0) is 39.8. The highest BCUT2D eigenvalue weighted by Crippen LogP contribution is 2.54. The highest BCUT2D eigenvalue weighted by molar-refractivity contribution is 5.93. The summed E-state index contributed by atoms with van der Waals surface area (Å²) < 4.78 is 9.95. The lowest BCUT2D eigenvalue weighted by Gasteiger charge is -2.40. The number of nitrogens with one attached hydrogen (secondary N) is 3. The number of aromatic nitrogens is 4. The molecule has 2 unspecified atom stereocenters. The molecule has 13 heteroatoms. The summed E-state index contributed by atoms with van der Waals surface area (Å²) in [5, 5.41) is 22.7. The zero-order valence-corrected chi connectivity index (χ0v) is 32.2. The highest BCUT2D eigenvalue weighted by atomic mass is 16.5. The third-order valence-electron chi connectivity index (χ3n) is 11.7. The third kappa shape index (κ3) is 7.08. The van der Waals surface area contributed by atoms with Crippen LogP contribution in [0.4, 0.5) is 0 Å². The smallest absolute Gasteiger partial charge is 0.307 e. The van der Waals surface area contributed by atoms with Crippen LogP contribution in [0.15, 0.2) is 43.0 Å². The molecule has 3 aromatic heterocycles. The zero-order valence-electron chi connectivity index (χ0n) is 32.2. The van der Waals surface area contributed by atoms with Crippen LogP contribution in [-0.4, -0.2) is 81.3 Å². The van der Waals surface area contributed by atoms with Gasteiger partial charge in [0.05, 0.1) is 49.7 Å². The number of hydrogen-bond donors (Lipinski definition) is 5. The number of carbonyl (C=O) groups excluding carboxylic acids is 3. The summed E-state index contributed by atoms with van der Waals surface area (Å²) in [6.45, 7) is 11.7. The molecular formula is C42H49N5O8. The fourth-order valence-electron chi connectivity index (χ4n) is 8.55. The molecule has 5 heterocycles. The van der Waals surface area contributed by atoms with Crippen LogP contribution in [0.1, 0.15) is 90.0 Å². The Morgan fingerprint density at radius 2 is 1.53 bits per heavy atom. The van der Waals surface area contributed by atoms with Crippen LogP contribution >= 0.6 is 0 Å². The van der Waals surface area contributed by atoms with E-state index in [4.69, 9.17) is 19.4 Å². The molecule has 1 aliphatic carbocycles. The van der Waals surface area contributed by atoms with E-state index in [9.17, 15) is 29.4 Å². The fraction of sp³-hybridized carbons (Fsp3) is 0.429. The maximum atomic E-state index is 14.0. The van der Waals surface area contributed by atoms with Crippen LogP contribution in [0, 0.1) is 25.7 Å². The third-order valence-corrected chi connectivity index (χ3v) is 11.7. The maximum Gasteiger partial charge on any atom is 0.307 e. The van der Waals surface area contributed by atoms with Crippen molar-refractivity contribution in [3.63, 3.8) is 0 Å². The van der Waals surface area contributed by atoms with Gasteiger partial charge >= 0.3 is 17.9 Å². The van der Waals surface area contributed by atoms with E-state index in [1.807, 2.05) is 57.2 Å². The first-order chi connectivity index (χ1) is 26.3. The second kappa shape index (κ2) is 15.7. The largest absolute Gasteiger partial charge is 0.481 e. The number of aliphatic hydroxyl groups excluding tert-OH is 1. The number of aliphatic carboxylic acids is 1. The summed E-state index contributed by atoms with van der Waals surface area (Å²) >= 11 is 0. The lowest BCUT2D eigenvalue weighted by atomic mass is 9.60. The lowest BCUT2D eigenvalue weighted by Crippen LogP contribution is -2.50. The summed E-state index contributed by atoms with van der Waals surface area (Å²) in [4.78, 5) is 68.9. The number of hydrogen-bond acceptors (Lipinski definition) is 9. The Bertz CT molecular complexity index is 2270. The van der Waals surface area contributed by atoms with Crippen LogP contribution in [0.3, 0.4) is 0 Å². The Hall–Kier alpha value is -5.56. The van der Waals surface area contributed by atoms with E-state index in [1.54, 1.807) is 0 Å². The van der Waals surface area contributed by atoms with Gasteiger partial charge in [-0.25, -0.2) is 0 Å². The normalized spacial score (nSPS) is 21.6. The van der Waals surface area contributed by atoms with Crippen molar-refractivity contribution in [1.82, 2.24) is 25.3 Å². The number of rotatable bonds is 11. The second-order valence-electron chi connectivity index (χ2n) is 14.7. The van der Waals surface area contributed by atoms with Gasteiger partial charge in [0, 0.05) is 64.4 Å². The van der Waals surface area contributed by atoms with Crippen LogP contribution in [0.5, 0.6) is 0 Å². The predicted octanol–water partition coefficient (Wildman–Crippen LogP) is 5.39. The molecule has 0 saturated carbocycles. The molecule has 2 aliphatic heterocycles. The number of amides is 1. The molecule has 290 valence electrons. The van der Waals surface area contributed by atoms with E-state index in [0.29, 0.717) is 35.5 Å². The number of fused-ring (bicyclic) bond motifs is 11. The van der Waals surface area contributed by atoms with Crippen LogP contribution in [0.2, 0.25) is 0 Å². The van der Waals surface area contributed by atoms with Gasteiger partial charge in [-0.05, 0) is 92.1 Å². The van der Waals surface area contributed by atoms with Crippen molar-refractivity contribution < 1.29 is 38.9 Å². The van der Waals surface area contributed by atoms with Crippen molar-refractivity contribution in [3.05, 3.63) is 88.0 Å². The molecule has 13 nitrogen and oxygen atoms in total. The van der Waals surface area contributed by atoms with Gasteiger partial charge in [0.1, 0.15) is 0 Å². The minimum atomic E-state index is -1.17. The van der Waals surface area contributed by atoms with Gasteiger partial charge in [-0.15, -0.1) is 6.58 Å². The van der Waals surface area contributed by atoms with Gasteiger partial charge in [-0.2, -0.15) is 0 Å². The van der Waals surface area contributed by atoms with Crippen molar-refractivity contribution in [1.29, 1.82) is 0 Å². The van der Waals surface area contributed by atoms with Crippen LogP contribution in [-0.2, 0) is 46.9 Å². The Morgan fingerprint density at radius 1 is 0.927 bits per heavy atom. The van der Waals surface area contributed by atoms with Crippen molar-refractivity contribution in [2.24, 2.45) is 11.8 Å². The van der Waals surface area contributed by atoms with E-state index in [-0.39, 0.29) is 56.2 Å². The van der Waals surface area contributed by atoms with E-state index >= 15 is 0 Å². The number of methoxy groups -OCH3 is 2. The van der Waals surface area contributed by atoms with E-state index < -0.39 is 29.1 Å². The van der Waals surface area contributed by atoms with Crippen molar-refractivity contribution >= 4 is 51.5 Å². The first-order valence-electron chi connectivity index (χ1n) is 18.6. The van der Waals surface area contributed by atoms with Crippen molar-refractivity contribution in [2.45, 2.75) is 77.0 Å². The SMILES string of the molecule is C=CC1c2cc3nc(cc4[nH]c(cc5[nH]c(cc(n2)C1C)c(C)c5CCC(=O)OC)c(CCC(=O)OC)c4C)C1=CC[C@@H](C(=O)O)[C@@H](C(=O)NCCO)[C@]13C. The summed E-state index contributed by atoms with van der Waals surface area (Å²) in [5.41, 5.74) is 8.82. The Labute approximate surface area is 319 Å². The minimum absolute atomic E-state index is 0.0218. The van der Waals surface area contributed by atoms with Crippen molar-refractivity contribution in [3.8, 4) is 0 Å². The van der Waals surface area contributed by atoms with Gasteiger partial charge in [-0.1, -0.05) is 19.1 Å². The first kappa shape index (κ1) is 39.1. The Morgan fingerprint density at radius 3 is 2.07 bits per heavy atom. The quantitative estimate of drug-likeness (QED) is 0.125. The number of ether oxygens (including phenoxy) is 2. The molecular weight excluding hydrogens is 702 g/mol. The Kier molecular flexibility index (Phi) is 11.1.